The van der Waals surface area contributed by atoms with E-state index >= 15 is 0 Å². The van der Waals surface area contributed by atoms with Gasteiger partial charge in [-0.2, -0.15) is 0 Å². The van der Waals surface area contributed by atoms with E-state index in [4.69, 9.17) is 0 Å². The predicted octanol–water partition coefficient (Wildman–Crippen LogP) is 1.32. The van der Waals surface area contributed by atoms with Crippen LogP contribution >= 0.6 is 0 Å². The molecule has 1 aromatic rings. The standard InChI is InChI=1S/C16H24N2O3S/c1-2-22(20,21)11-10-18-16(19)14-7-5-13(6-8-14)15-4-3-9-17-12-15/h5-8,15,17H,2-4,9-12H2,1H3,(H,18,19). The van der Waals surface area contributed by atoms with E-state index in [1.54, 1.807) is 6.92 Å². The third-order valence-electron chi connectivity index (χ3n) is 4.08. The fraction of sp³-hybridized carbons (Fsp3) is 0.562. The number of hydrogen-bond acceptors (Lipinski definition) is 4. The number of piperidine rings is 1. The highest BCUT2D eigenvalue weighted by Gasteiger charge is 2.15. The van der Waals surface area contributed by atoms with Crippen molar-refractivity contribution in [1.82, 2.24) is 10.6 Å². The fourth-order valence-corrected chi connectivity index (χ4v) is 3.31. The Balaban J connectivity index is 1.88. The largest absolute Gasteiger partial charge is 0.351 e. The summed E-state index contributed by atoms with van der Waals surface area (Å²) >= 11 is 0. The molecular weight excluding hydrogens is 300 g/mol. The minimum atomic E-state index is -3.04. The Labute approximate surface area is 132 Å². The van der Waals surface area contributed by atoms with Crippen LogP contribution in [0.1, 0.15) is 41.6 Å². The molecule has 1 aliphatic heterocycles. The summed E-state index contributed by atoms with van der Waals surface area (Å²) in [6, 6.07) is 7.62. The van der Waals surface area contributed by atoms with Crippen LogP contribution in [0.5, 0.6) is 0 Å². The molecule has 0 aliphatic carbocycles. The topological polar surface area (TPSA) is 75.3 Å². The van der Waals surface area contributed by atoms with Crippen LogP contribution in [0.2, 0.25) is 0 Å². The highest BCUT2D eigenvalue weighted by molar-refractivity contribution is 7.91. The Hall–Kier alpha value is -1.40. The molecule has 1 heterocycles. The van der Waals surface area contributed by atoms with E-state index in [0.717, 1.165) is 13.1 Å². The maximum absolute atomic E-state index is 12.0. The van der Waals surface area contributed by atoms with Crippen LogP contribution in [-0.2, 0) is 9.84 Å². The number of carbonyl (C=O) groups is 1. The summed E-state index contributed by atoms with van der Waals surface area (Å²) in [6.07, 6.45) is 2.35. The first kappa shape index (κ1) is 17.0. The first-order valence-corrected chi connectivity index (χ1v) is 9.63. The van der Waals surface area contributed by atoms with Crippen molar-refractivity contribution >= 4 is 15.7 Å². The highest BCUT2D eigenvalue weighted by atomic mass is 32.2. The van der Waals surface area contributed by atoms with E-state index in [1.165, 1.54) is 18.4 Å². The average Bonchev–Trinajstić information content (AvgIpc) is 2.55. The third-order valence-corrected chi connectivity index (χ3v) is 5.79. The van der Waals surface area contributed by atoms with Gasteiger partial charge in [-0.25, -0.2) is 8.42 Å². The predicted molar refractivity (Wildman–Crippen MR) is 87.9 cm³/mol. The SMILES string of the molecule is CCS(=O)(=O)CCNC(=O)c1ccc(C2CCCNC2)cc1. The summed E-state index contributed by atoms with van der Waals surface area (Å²) in [6.45, 7) is 3.83. The molecule has 0 spiro atoms. The zero-order valence-corrected chi connectivity index (χ0v) is 13.8. The molecule has 0 radical (unpaired) electrons. The van der Waals surface area contributed by atoms with E-state index in [1.807, 2.05) is 24.3 Å². The van der Waals surface area contributed by atoms with Gasteiger partial charge >= 0.3 is 0 Å². The van der Waals surface area contributed by atoms with Crippen LogP contribution in [0.4, 0.5) is 0 Å². The quantitative estimate of drug-likeness (QED) is 0.827. The van der Waals surface area contributed by atoms with E-state index in [0.29, 0.717) is 11.5 Å². The third kappa shape index (κ3) is 4.81. The van der Waals surface area contributed by atoms with Crippen molar-refractivity contribution in [2.45, 2.75) is 25.7 Å². The molecule has 0 bridgehead atoms. The van der Waals surface area contributed by atoms with Crippen LogP contribution in [-0.4, -0.2) is 45.5 Å². The fourth-order valence-electron chi connectivity index (χ4n) is 2.61. The number of amides is 1. The molecule has 5 nitrogen and oxygen atoms in total. The zero-order chi connectivity index (χ0) is 16.0. The molecule has 1 aliphatic rings. The number of rotatable bonds is 6. The van der Waals surface area contributed by atoms with Gasteiger partial charge < -0.3 is 10.6 Å². The Kier molecular flexibility index (Phi) is 5.97. The van der Waals surface area contributed by atoms with Gasteiger partial charge in [-0.15, -0.1) is 0 Å². The van der Waals surface area contributed by atoms with Gasteiger partial charge in [0.05, 0.1) is 5.75 Å². The van der Waals surface area contributed by atoms with Gasteiger partial charge in [-0.1, -0.05) is 19.1 Å². The molecule has 6 heteroatoms. The van der Waals surface area contributed by atoms with Gasteiger partial charge in [-0.3, -0.25) is 4.79 Å². The van der Waals surface area contributed by atoms with Crippen LogP contribution in [0.25, 0.3) is 0 Å². The van der Waals surface area contributed by atoms with Crippen LogP contribution in [0, 0.1) is 0 Å². The monoisotopic (exact) mass is 324 g/mol. The maximum Gasteiger partial charge on any atom is 0.251 e. The van der Waals surface area contributed by atoms with E-state index in [9.17, 15) is 13.2 Å². The molecule has 2 N–H and O–H groups in total. The first-order valence-electron chi connectivity index (χ1n) is 7.81. The summed E-state index contributed by atoms with van der Waals surface area (Å²) in [7, 11) is -3.04. The lowest BCUT2D eigenvalue weighted by Crippen LogP contribution is -2.30. The molecule has 1 aromatic carbocycles. The Bertz CT molecular complexity index is 590. The molecule has 1 fully saturated rings. The normalized spacial score (nSPS) is 18.9. The molecule has 22 heavy (non-hydrogen) atoms. The molecule has 0 aromatic heterocycles. The van der Waals surface area contributed by atoms with Crippen LogP contribution in [0.3, 0.4) is 0 Å². The minimum absolute atomic E-state index is 0.0128. The van der Waals surface area contributed by atoms with Crippen molar-refractivity contribution in [3.8, 4) is 0 Å². The first-order chi connectivity index (χ1) is 10.5. The Morgan fingerprint density at radius 3 is 2.64 bits per heavy atom. The second-order valence-corrected chi connectivity index (χ2v) is 8.13. The number of nitrogens with one attached hydrogen (secondary N) is 2. The lowest BCUT2D eigenvalue weighted by molar-refractivity contribution is 0.0956. The second kappa shape index (κ2) is 7.74. The molecule has 1 amide bonds. The summed E-state index contributed by atoms with van der Waals surface area (Å²) in [5.74, 6) is 0.383. The molecule has 1 saturated heterocycles. The maximum atomic E-state index is 12.0. The van der Waals surface area contributed by atoms with Crippen molar-refractivity contribution in [3.63, 3.8) is 0 Å². The lowest BCUT2D eigenvalue weighted by atomic mass is 9.91. The van der Waals surface area contributed by atoms with Crippen molar-refractivity contribution in [2.75, 3.05) is 31.1 Å². The second-order valence-electron chi connectivity index (χ2n) is 5.66. The van der Waals surface area contributed by atoms with Gasteiger partial charge in [0.15, 0.2) is 9.84 Å². The molecule has 122 valence electrons. The van der Waals surface area contributed by atoms with Gasteiger partial charge in [0.1, 0.15) is 0 Å². The zero-order valence-electron chi connectivity index (χ0n) is 13.0. The van der Waals surface area contributed by atoms with Gasteiger partial charge in [0.2, 0.25) is 0 Å². The number of hydrogen-bond donors (Lipinski definition) is 2. The van der Waals surface area contributed by atoms with Crippen molar-refractivity contribution in [1.29, 1.82) is 0 Å². The Morgan fingerprint density at radius 2 is 2.05 bits per heavy atom. The summed E-state index contributed by atoms with van der Waals surface area (Å²) in [4.78, 5) is 12.0. The average molecular weight is 324 g/mol. The van der Waals surface area contributed by atoms with Gasteiger partial charge in [0, 0.05) is 24.4 Å². The lowest BCUT2D eigenvalue weighted by Gasteiger charge is -2.23. The molecule has 0 saturated carbocycles. The number of benzene rings is 1. The molecule has 1 atom stereocenters. The van der Waals surface area contributed by atoms with E-state index in [2.05, 4.69) is 10.6 Å². The van der Waals surface area contributed by atoms with Crippen LogP contribution in [0.15, 0.2) is 24.3 Å². The summed E-state index contributed by atoms with van der Waals surface area (Å²) < 4.78 is 22.8. The summed E-state index contributed by atoms with van der Waals surface area (Å²) in [5.41, 5.74) is 1.82. The van der Waals surface area contributed by atoms with E-state index in [-0.39, 0.29) is 24.0 Å². The highest BCUT2D eigenvalue weighted by Crippen LogP contribution is 2.23. The van der Waals surface area contributed by atoms with Crippen molar-refractivity contribution < 1.29 is 13.2 Å². The van der Waals surface area contributed by atoms with Crippen molar-refractivity contribution in [2.24, 2.45) is 0 Å². The summed E-state index contributed by atoms with van der Waals surface area (Å²) in [5, 5.41) is 6.04. The van der Waals surface area contributed by atoms with Crippen molar-refractivity contribution in [3.05, 3.63) is 35.4 Å². The van der Waals surface area contributed by atoms with Crippen LogP contribution < -0.4 is 10.6 Å². The van der Waals surface area contributed by atoms with Gasteiger partial charge in [-0.05, 0) is 43.0 Å². The number of sulfone groups is 1. The van der Waals surface area contributed by atoms with E-state index < -0.39 is 9.84 Å². The number of carbonyl (C=O) groups excluding carboxylic acids is 1. The molecule has 1 unspecified atom stereocenters. The van der Waals surface area contributed by atoms with Gasteiger partial charge in [0.25, 0.3) is 5.91 Å². The molecular formula is C16H24N2O3S. The molecule has 2 rings (SSSR count). The minimum Gasteiger partial charge on any atom is -0.351 e. The smallest absolute Gasteiger partial charge is 0.251 e. The Morgan fingerprint density at radius 1 is 1.32 bits per heavy atom.